The Morgan fingerprint density at radius 1 is 1.03 bits per heavy atom. The van der Waals surface area contributed by atoms with Gasteiger partial charge in [-0.25, -0.2) is 0 Å². The molecule has 6 nitrogen and oxygen atoms in total. The van der Waals surface area contributed by atoms with Crippen molar-refractivity contribution >= 4 is 23.5 Å². The summed E-state index contributed by atoms with van der Waals surface area (Å²) >= 11 is 6.10. The smallest absolute Gasteiger partial charge is 0.325 e. The Kier molecular flexibility index (Phi) is 6.89. The first kappa shape index (κ1) is 23.3. The molecule has 1 aromatic heterocycles. The number of piperidine rings is 1. The predicted molar refractivity (Wildman–Crippen MR) is 131 cm³/mol. The molecule has 1 N–H and O–H groups in total. The number of carbonyl (C=O) groups is 2. The molecule has 2 aromatic rings. The number of carboxylic acids is 1. The summed E-state index contributed by atoms with van der Waals surface area (Å²) in [5, 5.41) is 10.4. The number of hydrogen-bond acceptors (Lipinski definition) is 4. The van der Waals surface area contributed by atoms with Gasteiger partial charge in [-0.3, -0.25) is 19.5 Å². The Morgan fingerprint density at radius 2 is 1.82 bits per heavy atom. The second kappa shape index (κ2) is 10.0. The van der Waals surface area contributed by atoms with Crippen molar-refractivity contribution in [3.63, 3.8) is 0 Å². The highest BCUT2D eigenvalue weighted by molar-refractivity contribution is 6.30. The number of hydrogen-bond donors (Lipinski definition) is 1. The molecule has 2 saturated heterocycles. The van der Waals surface area contributed by atoms with Gasteiger partial charge in [-0.15, -0.1) is 0 Å². The maximum absolute atomic E-state index is 13.3. The van der Waals surface area contributed by atoms with Gasteiger partial charge in [0, 0.05) is 48.5 Å². The van der Waals surface area contributed by atoms with Crippen molar-refractivity contribution in [2.45, 2.75) is 56.9 Å². The fraction of sp³-hybridized carbons (Fsp3) is 0.519. The van der Waals surface area contributed by atoms with Crippen LogP contribution in [0.2, 0.25) is 5.02 Å². The summed E-state index contributed by atoms with van der Waals surface area (Å²) in [5.41, 5.74) is 4.53. The number of carboxylic acid groups (broad SMARTS) is 1. The summed E-state index contributed by atoms with van der Waals surface area (Å²) < 4.78 is 0. The summed E-state index contributed by atoms with van der Waals surface area (Å²) in [7, 11) is 0. The fourth-order valence-electron chi connectivity index (χ4n) is 5.89. The second-order valence-corrected chi connectivity index (χ2v) is 10.4. The number of likely N-dealkylation sites (tertiary alicyclic amines) is 2. The normalized spacial score (nSPS) is 22.4. The zero-order chi connectivity index (χ0) is 23.7. The van der Waals surface area contributed by atoms with Crippen molar-refractivity contribution in [1.29, 1.82) is 0 Å². The van der Waals surface area contributed by atoms with E-state index >= 15 is 0 Å². The third-order valence-corrected chi connectivity index (χ3v) is 7.99. The van der Waals surface area contributed by atoms with Crippen LogP contribution in [-0.4, -0.2) is 57.9 Å². The highest BCUT2D eigenvalue weighted by Gasteiger charge is 2.38. The van der Waals surface area contributed by atoms with Gasteiger partial charge in [0.15, 0.2) is 0 Å². The minimum atomic E-state index is -0.909. The van der Waals surface area contributed by atoms with Crippen molar-refractivity contribution < 1.29 is 14.7 Å². The van der Waals surface area contributed by atoms with Gasteiger partial charge in [0.2, 0.25) is 5.91 Å². The van der Waals surface area contributed by atoms with Crippen LogP contribution in [0.5, 0.6) is 0 Å². The standard InChI is InChI=1S/C27H32ClN3O3/c28-22-6-3-5-20(16-22)25(27(33)34)31-15-12-21(17-31)26(32)30-13-10-19(11-14-30)24-9-8-18-4-1-2-7-23(18)29-24/h3,5-6,8-9,16,19,21,25H,1-2,4,7,10-15,17H2,(H,33,34)/t21-,25?/m1/s1. The Hall–Kier alpha value is -2.44. The highest BCUT2D eigenvalue weighted by atomic mass is 35.5. The van der Waals surface area contributed by atoms with E-state index in [-0.39, 0.29) is 11.8 Å². The number of amides is 1. The zero-order valence-electron chi connectivity index (χ0n) is 19.5. The third kappa shape index (κ3) is 4.84. The number of aromatic nitrogens is 1. The van der Waals surface area contributed by atoms with E-state index in [4.69, 9.17) is 16.6 Å². The second-order valence-electron chi connectivity index (χ2n) is 9.92. The molecule has 0 saturated carbocycles. The molecular weight excluding hydrogens is 450 g/mol. The number of nitrogens with zero attached hydrogens (tertiary/aromatic N) is 3. The molecule has 1 unspecified atom stereocenters. The molecule has 7 heteroatoms. The molecular formula is C27H32ClN3O3. The molecule has 2 aliphatic heterocycles. The van der Waals surface area contributed by atoms with Crippen LogP contribution in [-0.2, 0) is 22.4 Å². The molecule has 0 radical (unpaired) electrons. The topological polar surface area (TPSA) is 73.7 Å². The first-order chi connectivity index (χ1) is 16.5. The van der Waals surface area contributed by atoms with Crippen molar-refractivity contribution in [2.75, 3.05) is 26.2 Å². The lowest BCUT2D eigenvalue weighted by molar-refractivity contribution is -0.144. The van der Waals surface area contributed by atoms with E-state index in [9.17, 15) is 14.7 Å². The van der Waals surface area contributed by atoms with E-state index in [1.807, 2.05) is 9.80 Å². The van der Waals surface area contributed by atoms with E-state index in [1.54, 1.807) is 24.3 Å². The van der Waals surface area contributed by atoms with E-state index in [0.29, 0.717) is 36.0 Å². The Bertz CT molecular complexity index is 1070. The molecule has 2 atom stereocenters. The van der Waals surface area contributed by atoms with Gasteiger partial charge in [0.05, 0.1) is 5.92 Å². The monoisotopic (exact) mass is 481 g/mol. The van der Waals surface area contributed by atoms with Crippen molar-refractivity contribution in [1.82, 2.24) is 14.8 Å². The SMILES string of the molecule is O=C(O)C(c1cccc(Cl)c1)N1CC[C@@H](C(=O)N2CCC(c3ccc4c(n3)CCCC4)CC2)C1. The van der Waals surface area contributed by atoms with E-state index < -0.39 is 12.0 Å². The molecule has 180 valence electrons. The summed E-state index contributed by atoms with van der Waals surface area (Å²) in [6.45, 7) is 2.55. The van der Waals surface area contributed by atoms with Crippen molar-refractivity contribution in [3.8, 4) is 0 Å². The van der Waals surface area contributed by atoms with Crippen molar-refractivity contribution in [3.05, 3.63) is 63.9 Å². The molecule has 34 heavy (non-hydrogen) atoms. The molecule has 1 amide bonds. The van der Waals surface area contributed by atoms with Crippen LogP contribution in [0.15, 0.2) is 36.4 Å². The molecule has 3 heterocycles. The lowest BCUT2D eigenvalue weighted by Crippen LogP contribution is -2.42. The molecule has 1 aromatic carbocycles. The van der Waals surface area contributed by atoms with E-state index in [0.717, 1.165) is 38.8 Å². The van der Waals surface area contributed by atoms with E-state index in [2.05, 4.69) is 12.1 Å². The first-order valence-corrected chi connectivity index (χ1v) is 12.9. The quantitative estimate of drug-likeness (QED) is 0.682. The Morgan fingerprint density at radius 3 is 2.59 bits per heavy atom. The van der Waals surface area contributed by atoms with Gasteiger partial charge in [0.1, 0.15) is 6.04 Å². The summed E-state index contributed by atoms with van der Waals surface area (Å²) in [5.74, 6) is -0.488. The Balaban J connectivity index is 1.19. The minimum absolute atomic E-state index is 0.153. The number of halogens is 1. The van der Waals surface area contributed by atoms with Gasteiger partial charge in [0.25, 0.3) is 0 Å². The third-order valence-electron chi connectivity index (χ3n) is 7.76. The number of pyridine rings is 1. The van der Waals surface area contributed by atoms with Crippen LogP contribution < -0.4 is 0 Å². The number of carbonyl (C=O) groups excluding carboxylic acids is 1. The van der Waals surface area contributed by atoms with Crippen LogP contribution in [0.4, 0.5) is 0 Å². The van der Waals surface area contributed by atoms with Gasteiger partial charge < -0.3 is 10.0 Å². The maximum Gasteiger partial charge on any atom is 0.325 e. The van der Waals surface area contributed by atoms with Crippen molar-refractivity contribution in [2.24, 2.45) is 5.92 Å². The van der Waals surface area contributed by atoms with Gasteiger partial charge in [-0.05, 0) is 74.3 Å². The van der Waals surface area contributed by atoms with Crippen LogP contribution >= 0.6 is 11.6 Å². The van der Waals surface area contributed by atoms with Gasteiger partial charge >= 0.3 is 5.97 Å². The number of aryl methyl sites for hydroxylation is 2. The highest BCUT2D eigenvalue weighted by Crippen LogP contribution is 2.33. The van der Waals surface area contributed by atoms with Gasteiger partial charge in [-0.2, -0.15) is 0 Å². The van der Waals surface area contributed by atoms with Gasteiger partial charge in [-0.1, -0.05) is 29.8 Å². The predicted octanol–water partition coefficient (Wildman–Crippen LogP) is 4.47. The molecule has 2 fully saturated rings. The lowest BCUT2D eigenvalue weighted by Gasteiger charge is -2.34. The maximum atomic E-state index is 13.3. The number of fused-ring (bicyclic) bond motifs is 1. The van der Waals surface area contributed by atoms with Crippen LogP contribution in [0.1, 0.15) is 66.6 Å². The lowest BCUT2D eigenvalue weighted by atomic mass is 9.90. The van der Waals surface area contributed by atoms with E-state index in [1.165, 1.54) is 29.8 Å². The summed E-state index contributed by atoms with van der Waals surface area (Å²) in [6.07, 6.45) is 7.30. The van der Waals surface area contributed by atoms with Crippen LogP contribution in [0.3, 0.4) is 0 Å². The summed E-state index contributed by atoms with van der Waals surface area (Å²) in [6, 6.07) is 10.7. The first-order valence-electron chi connectivity index (χ1n) is 12.5. The largest absolute Gasteiger partial charge is 0.480 e. The average molecular weight is 482 g/mol. The zero-order valence-corrected chi connectivity index (χ0v) is 20.2. The molecule has 3 aliphatic rings. The molecule has 1 aliphatic carbocycles. The van der Waals surface area contributed by atoms with Crippen LogP contribution in [0, 0.1) is 5.92 Å². The van der Waals surface area contributed by atoms with Crippen LogP contribution in [0.25, 0.3) is 0 Å². The number of aliphatic carboxylic acids is 1. The number of rotatable bonds is 5. The molecule has 0 spiro atoms. The minimum Gasteiger partial charge on any atom is -0.480 e. The fourth-order valence-corrected chi connectivity index (χ4v) is 6.09. The average Bonchev–Trinajstić information content (AvgIpc) is 3.33. The molecule has 0 bridgehead atoms. The Labute approximate surface area is 205 Å². The number of benzene rings is 1. The molecule has 5 rings (SSSR count). The summed E-state index contributed by atoms with van der Waals surface area (Å²) in [4.78, 5) is 34.2.